The summed E-state index contributed by atoms with van der Waals surface area (Å²) in [5.41, 5.74) is -0.849. The number of amides is 4. The first-order valence-electron chi connectivity index (χ1n) is 21.2. The highest BCUT2D eigenvalue weighted by molar-refractivity contribution is 6.59. The molecule has 4 amide bonds. The predicted molar refractivity (Wildman–Crippen MR) is 219 cm³/mol. The van der Waals surface area contributed by atoms with Gasteiger partial charge < -0.3 is 60.3 Å². The van der Waals surface area contributed by atoms with Gasteiger partial charge in [0.15, 0.2) is 7.85 Å². The van der Waals surface area contributed by atoms with E-state index in [9.17, 15) is 43.5 Å². The molecule has 0 rings (SSSR count). The van der Waals surface area contributed by atoms with E-state index in [0.717, 1.165) is 44.9 Å². The summed E-state index contributed by atoms with van der Waals surface area (Å²) in [6.45, 7) is 0.639. The number of aliphatic carboxylic acids is 3. The van der Waals surface area contributed by atoms with Crippen LogP contribution in [0.3, 0.4) is 0 Å². The number of hydrogen-bond acceptors (Lipinski definition) is 12. The minimum atomic E-state index is -1.20. The molecule has 19 nitrogen and oxygen atoms in total. The van der Waals surface area contributed by atoms with E-state index in [1.165, 1.54) is 38.5 Å². The van der Waals surface area contributed by atoms with Crippen molar-refractivity contribution in [1.82, 2.24) is 21.3 Å². The van der Waals surface area contributed by atoms with Crippen LogP contribution in [-0.4, -0.2) is 148 Å². The fraction of sp³-hybridized carbons (Fsp3) is 0.800. The molecule has 342 valence electrons. The second kappa shape index (κ2) is 39.0. The quantitative estimate of drug-likeness (QED) is 0.0341. The van der Waals surface area contributed by atoms with Crippen LogP contribution in [0.2, 0.25) is 0 Å². The summed E-state index contributed by atoms with van der Waals surface area (Å²) < 4.78 is 21.0. The summed E-state index contributed by atoms with van der Waals surface area (Å²) in [6.07, 6.45) is 14.9. The van der Waals surface area contributed by atoms with Gasteiger partial charge in [-0.1, -0.05) is 77.0 Å². The molecule has 0 aliphatic rings. The molecule has 0 aromatic rings. The number of nitrogens with one attached hydrogen (secondary N) is 4. The normalized spacial score (nSPS) is 11.9. The van der Waals surface area contributed by atoms with E-state index in [0.29, 0.717) is 6.42 Å². The molecule has 2 atom stereocenters. The van der Waals surface area contributed by atoms with E-state index in [1.807, 2.05) is 0 Å². The van der Waals surface area contributed by atoms with Crippen LogP contribution in [-0.2, 0) is 57.3 Å². The number of carbonyl (C=O) groups excluding carboxylic acids is 5. The molecular formula is C40H69BN4O15. The van der Waals surface area contributed by atoms with Gasteiger partial charge in [0.2, 0.25) is 23.6 Å². The molecule has 0 saturated heterocycles. The zero-order valence-corrected chi connectivity index (χ0v) is 35.2. The minimum Gasteiger partial charge on any atom is -0.481 e. The summed E-state index contributed by atoms with van der Waals surface area (Å²) >= 11 is 0. The Morgan fingerprint density at radius 1 is 0.417 bits per heavy atom. The molecule has 7 N–H and O–H groups in total. The summed E-state index contributed by atoms with van der Waals surface area (Å²) in [4.78, 5) is 92.3. The number of carbonyl (C=O) groups is 8. The maximum Gasteiger partial charge on any atom is 0.326 e. The number of carboxylic acids is 3. The van der Waals surface area contributed by atoms with Crippen molar-refractivity contribution in [3.8, 4) is 0 Å². The molecule has 0 aliphatic heterocycles. The van der Waals surface area contributed by atoms with Gasteiger partial charge in [-0.15, -0.1) is 0 Å². The van der Waals surface area contributed by atoms with Crippen molar-refractivity contribution in [3.63, 3.8) is 0 Å². The van der Waals surface area contributed by atoms with Crippen LogP contribution in [0.15, 0.2) is 0 Å². The largest absolute Gasteiger partial charge is 0.481 e. The Balaban J connectivity index is 3.72. The Bertz CT molecular complexity index is 1240. The van der Waals surface area contributed by atoms with Crippen LogP contribution >= 0.6 is 0 Å². The van der Waals surface area contributed by atoms with Crippen molar-refractivity contribution < 1.29 is 72.6 Å². The number of ether oxygens (including phenoxy) is 4. The molecule has 0 aliphatic carbocycles. The summed E-state index contributed by atoms with van der Waals surface area (Å²) in [5.74, 6) is -4.76. The molecule has 0 spiro atoms. The van der Waals surface area contributed by atoms with E-state index in [-0.39, 0.29) is 122 Å². The third kappa shape index (κ3) is 38.1. The molecule has 60 heavy (non-hydrogen) atoms. The molecule has 0 aromatic heterocycles. The topological polar surface area (TPSA) is 282 Å². The molecule has 0 aromatic carbocycles. The minimum absolute atomic E-state index is 0.0435. The second-order valence-electron chi connectivity index (χ2n) is 14.3. The predicted octanol–water partition coefficient (Wildman–Crippen LogP) is 2.01. The van der Waals surface area contributed by atoms with Crippen molar-refractivity contribution in [3.05, 3.63) is 0 Å². The van der Waals surface area contributed by atoms with E-state index < -0.39 is 41.6 Å². The van der Waals surface area contributed by atoms with Gasteiger partial charge in [0.05, 0.1) is 51.4 Å². The smallest absolute Gasteiger partial charge is 0.326 e. The Kier molecular flexibility index (Phi) is 36.3. The van der Waals surface area contributed by atoms with Gasteiger partial charge in [-0.3, -0.25) is 28.8 Å². The number of rotatable bonds is 43. The van der Waals surface area contributed by atoms with Gasteiger partial charge in [-0.25, -0.2) is 4.79 Å². The van der Waals surface area contributed by atoms with Crippen LogP contribution in [0, 0.1) is 0 Å². The van der Waals surface area contributed by atoms with Gasteiger partial charge >= 0.3 is 17.9 Å². The first kappa shape index (κ1) is 55.9. The molecule has 0 fully saturated rings. The molecule has 0 saturated carbocycles. The van der Waals surface area contributed by atoms with Crippen LogP contribution < -0.4 is 21.3 Å². The molecule has 20 heteroatoms. The SMILES string of the molecule is [B]C(=O)C(CCC(=O)O)NC(=O)COCCOCCNC(=O)COCCOCCNC(=O)CC[C@H](NC(=O)CCCCCCCCCCCCCCCCC(=O)O)C(=O)O. The van der Waals surface area contributed by atoms with E-state index in [2.05, 4.69) is 21.3 Å². The number of hydrogen-bond donors (Lipinski definition) is 7. The Morgan fingerprint density at radius 3 is 1.28 bits per heavy atom. The average molecular weight is 857 g/mol. The maximum atomic E-state index is 12.3. The van der Waals surface area contributed by atoms with E-state index >= 15 is 0 Å². The molecule has 0 heterocycles. The Morgan fingerprint density at radius 2 is 0.817 bits per heavy atom. The number of unbranched alkanes of at least 4 members (excludes halogenated alkanes) is 13. The lowest BCUT2D eigenvalue weighted by Crippen LogP contribution is -2.43. The zero-order chi connectivity index (χ0) is 44.6. The van der Waals surface area contributed by atoms with Gasteiger partial charge in [-0.05, 0) is 25.7 Å². The summed E-state index contributed by atoms with van der Waals surface area (Å²) in [7, 11) is 5.16. The van der Waals surface area contributed by atoms with Gasteiger partial charge in [0.1, 0.15) is 19.3 Å². The Hall–Kier alpha value is -4.14. The monoisotopic (exact) mass is 856 g/mol. The van der Waals surface area contributed by atoms with Crippen molar-refractivity contribution in [2.24, 2.45) is 0 Å². The first-order chi connectivity index (χ1) is 28.8. The summed E-state index contributed by atoms with van der Waals surface area (Å²) in [5, 5.41) is 36.9. The van der Waals surface area contributed by atoms with Gasteiger partial charge in [-0.2, -0.15) is 0 Å². The lowest BCUT2D eigenvalue weighted by molar-refractivity contribution is -0.142. The highest BCUT2D eigenvalue weighted by Crippen LogP contribution is 2.14. The van der Waals surface area contributed by atoms with Crippen molar-refractivity contribution in [2.45, 2.75) is 141 Å². The van der Waals surface area contributed by atoms with Crippen molar-refractivity contribution in [2.75, 3.05) is 65.9 Å². The van der Waals surface area contributed by atoms with Crippen LogP contribution in [0.1, 0.15) is 128 Å². The third-order valence-electron chi connectivity index (χ3n) is 9.01. The van der Waals surface area contributed by atoms with Crippen molar-refractivity contribution >= 4 is 55.1 Å². The summed E-state index contributed by atoms with van der Waals surface area (Å²) in [6, 6.07) is -2.27. The highest BCUT2D eigenvalue weighted by Gasteiger charge is 2.21. The third-order valence-corrected chi connectivity index (χ3v) is 9.01. The second-order valence-corrected chi connectivity index (χ2v) is 14.3. The van der Waals surface area contributed by atoms with E-state index in [1.54, 1.807) is 0 Å². The average Bonchev–Trinajstić information content (AvgIpc) is 3.19. The first-order valence-corrected chi connectivity index (χ1v) is 21.2. The van der Waals surface area contributed by atoms with Crippen LogP contribution in [0.5, 0.6) is 0 Å². The van der Waals surface area contributed by atoms with Crippen molar-refractivity contribution in [1.29, 1.82) is 0 Å². The van der Waals surface area contributed by atoms with Crippen LogP contribution in [0.4, 0.5) is 0 Å². The van der Waals surface area contributed by atoms with E-state index in [4.69, 9.17) is 37.0 Å². The maximum absolute atomic E-state index is 12.3. The molecular weight excluding hydrogens is 787 g/mol. The standard InChI is InChI=1S/C40H69BN4O15/c41-39(54)31(18-20-38(52)53)44-36(49)30-60-28-26-58-24-22-43-35(48)29-59-27-25-57-23-21-42-33(46)19-17-32(40(55)56)45-34(47)15-13-11-9-7-5-3-1-2-4-6-8-10-12-14-16-37(50)51/h31-32H,1-30H2,(H,42,46)(H,43,48)(H,44,49)(H,45,47)(H,50,51)(H,52,53)(H,55,56)/t31?,32-/m0/s1. The lowest BCUT2D eigenvalue weighted by Gasteiger charge is -2.15. The molecule has 2 radical (unpaired) electrons. The van der Waals surface area contributed by atoms with Crippen LogP contribution in [0.25, 0.3) is 0 Å². The lowest BCUT2D eigenvalue weighted by atomic mass is 9.92. The van der Waals surface area contributed by atoms with Gasteiger partial charge in [0.25, 0.3) is 0 Å². The molecule has 0 bridgehead atoms. The zero-order valence-electron chi connectivity index (χ0n) is 35.2. The molecule has 1 unspecified atom stereocenters. The van der Waals surface area contributed by atoms with Gasteiger partial charge in [0, 0.05) is 38.8 Å². The fourth-order valence-corrected chi connectivity index (χ4v) is 5.71. The Labute approximate surface area is 354 Å². The fourth-order valence-electron chi connectivity index (χ4n) is 5.71. The highest BCUT2D eigenvalue weighted by atomic mass is 16.5. The number of carboxylic acid groups (broad SMARTS) is 3.